The lowest BCUT2D eigenvalue weighted by Crippen LogP contribution is -2.34. The molecular formula is C26H40NP. The first-order chi connectivity index (χ1) is 12.8. The number of benzene rings is 1. The van der Waals surface area contributed by atoms with Gasteiger partial charge in [0.2, 0.25) is 0 Å². The molecule has 1 atom stereocenters. The van der Waals surface area contributed by atoms with E-state index in [0.29, 0.717) is 5.92 Å². The maximum Gasteiger partial charge on any atom is 0.0639 e. The highest BCUT2D eigenvalue weighted by atomic mass is 31.1. The van der Waals surface area contributed by atoms with Crippen molar-refractivity contribution in [3.8, 4) is 0 Å². The summed E-state index contributed by atoms with van der Waals surface area (Å²) in [4.78, 5) is 4.74. The van der Waals surface area contributed by atoms with E-state index in [0.717, 1.165) is 12.6 Å². The molecule has 1 nitrogen and oxygen atoms in total. The molecule has 0 radical (unpaired) electrons. The van der Waals surface area contributed by atoms with Crippen LogP contribution in [0.4, 0.5) is 0 Å². The van der Waals surface area contributed by atoms with Gasteiger partial charge in [-0.2, -0.15) is 0 Å². The molecule has 0 amide bonds. The van der Waals surface area contributed by atoms with E-state index in [1.165, 1.54) is 16.6 Å². The van der Waals surface area contributed by atoms with Gasteiger partial charge in [-0.15, -0.1) is 0 Å². The van der Waals surface area contributed by atoms with Crippen LogP contribution in [0.3, 0.4) is 0 Å². The Morgan fingerprint density at radius 2 is 1.29 bits per heavy atom. The molecule has 0 aliphatic rings. The Balaban J connectivity index is 2.40. The molecule has 2 heteroatoms. The molecule has 2 rings (SSSR count). The van der Waals surface area contributed by atoms with Gasteiger partial charge in [0.1, 0.15) is 0 Å². The molecule has 0 bridgehead atoms. The summed E-state index contributed by atoms with van der Waals surface area (Å²) in [5.41, 5.74) is 4.85. The van der Waals surface area contributed by atoms with Crippen molar-refractivity contribution < 1.29 is 0 Å². The van der Waals surface area contributed by atoms with Crippen LogP contribution in [0.5, 0.6) is 0 Å². The Morgan fingerprint density at radius 3 is 1.75 bits per heavy atom. The Hall–Kier alpha value is -1.20. The van der Waals surface area contributed by atoms with Crippen molar-refractivity contribution in [2.75, 3.05) is 0 Å². The van der Waals surface area contributed by atoms with Crippen LogP contribution in [0.1, 0.15) is 73.4 Å². The minimum absolute atomic E-state index is 0.226. The molecule has 28 heavy (non-hydrogen) atoms. The van der Waals surface area contributed by atoms with Crippen molar-refractivity contribution in [2.24, 2.45) is 16.7 Å². The van der Waals surface area contributed by atoms with Gasteiger partial charge in [0.25, 0.3) is 0 Å². The molecule has 1 heterocycles. The van der Waals surface area contributed by atoms with Crippen LogP contribution < -0.4 is 5.44 Å². The zero-order valence-electron chi connectivity index (χ0n) is 19.5. The smallest absolute Gasteiger partial charge is 0.0639 e. The second-order valence-electron chi connectivity index (χ2n) is 11.2. The number of rotatable bonds is 5. The lowest BCUT2D eigenvalue weighted by molar-refractivity contribution is 0.102. The fourth-order valence-corrected chi connectivity index (χ4v) is 6.83. The third-order valence-electron chi connectivity index (χ3n) is 5.70. The van der Waals surface area contributed by atoms with Crippen molar-refractivity contribution in [1.82, 2.24) is 4.98 Å². The normalized spacial score (nSPS) is 14.4. The fraction of sp³-hybridized carbons (Fsp3) is 0.577. The van der Waals surface area contributed by atoms with Gasteiger partial charge >= 0.3 is 0 Å². The second kappa shape index (κ2) is 8.66. The van der Waals surface area contributed by atoms with Crippen molar-refractivity contribution in [3.05, 3.63) is 59.8 Å². The topological polar surface area (TPSA) is 12.9 Å². The Bertz CT molecular complexity index is 730. The first-order valence-corrected chi connectivity index (χ1v) is 12.1. The molecule has 2 aromatic rings. The zero-order chi connectivity index (χ0) is 21.2. The Kier molecular flexibility index (Phi) is 7.14. The third kappa shape index (κ3) is 6.15. The summed E-state index contributed by atoms with van der Waals surface area (Å²) in [6.07, 6.45) is 4.18. The van der Waals surface area contributed by atoms with Gasteiger partial charge in [-0.25, -0.2) is 0 Å². The summed E-state index contributed by atoms with van der Waals surface area (Å²) >= 11 is 0. The summed E-state index contributed by atoms with van der Waals surface area (Å²) in [7, 11) is -0.382. The fourth-order valence-electron chi connectivity index (χ4n) is 4.39. The molecule has 0 saturated heterocycles. The highest BCUT2D eigenvalue weighted by Gasteiger charge is 2.35. The van der Waals surface area contributed by atoms with Crippen molar-refractivity contribution >= 4 is 13.4 Å². The van der Waals surface area contributed by atoms with E-state index in [1.807, 2.05) is 12.3 Å². The monoisotopic (exact) mass is 397 g/mol. The standard InChI is InChI=1S/C26H40NP/c1-24(2,3)22(25(4,5)6)18-20-14-10-11-15-21(20)19-28(26(7,8)9)23-16-12-13-17-27-23/h10-17,22H,18-19H2,1-9H3. The molecule has 0 aliphatic carbocycles. The first-order valence-electron chi connectivity index (χ1n) is 10.6. The predicted octanol–water partition coefficient (Wildman–Crippen LogP) is 7.44. The molecule has 0 aliphatic heterocycles. The van der Waals surface area contributed by atoms with Gasteiger partial charge < -0.3 is 0 Å². The van der Waals surface area contributed by atoms with Crippen LogP contribution >= 0.6 is 7.92 Å². The van der Waals surface area contributed by atoms with Crippen LogP contribution in [-0.4, -0.2) is 10.1 Å². The maximum absolute atomic E-state index is 4.74. The molecule has 0 N–H and O–H groups in total. The van der Waals surface area contributed by atoms with Crippen molar-refractivity contribution in [2.45, 2.75) is 80.1 Å². The lowest BCUT2D eigenvalue weighted by Gasteiger charge is -2.41. The average molecular weight is 398 g/mol. The third-order valence-corrected chi connectivity index (χ3v) is 8.79. The van der Waals surface area contributed by atoms with Crippen molar-refractivity contribution in [3.63, 3.8) is 0 Å². The maximum atomic E-state index is 4.74. The molecule has 0 spiro atoms. The summed E-state index contributed by atoms with van der Waals surface area (Å²) in [6.45, 7) is 21.4. The highest BCUT2D eigenvalue weighted by molar-refractivity contribution is 7.66. The van der Waals surface area contributed by atoms with Crippen LogP contribution in [-0.2, 0) is 12.6 Å². The SMILES string of the molecule is CC(C)(C)C(Cc1ccccc1CP(c1ccccn1)C(C)(C)C)C(C)(C)C. The molecule has 0 saturated carbocycles. The number of hydrogen-bond acceptors (Lipinski definition) is 1. The van der Waals surface area contributed by atoms with Gasteiger partial charge in [0.15, 0.2) is 0 Å². The minimum atomic E-state index is -0.382. The average Bonchev–Trinajstić information content (AvgIpc) is 2.56. The molecule has 1 aromatic heterocycles. The van der Waals surface area contributed by atoms with Crippen LogP contribution in [0.25, 0.3) is 0 Å². The van der Waals surface area contributed by atoms with E-state index in [1.54, 1.807) is 0 Å². The van der Waals surface area contributed by atoms with E-state index in [9.17, 15) is 0 Å². The molecule has 1 aromatic carbocycles. The summed E-state index contributed by atoms with van der Waals surface area (Å²) in [6, 6.07) is 15.5. The van der Waals surface area contributed by atoms with Crippen LogP contribution in [0.2, 0.25) is 0 Å². The Labute approximate surface area is 175 Å². The van der Waals surface area contributed by atoms with Crippen LogP contribution in [0, 0.1) is 16.7 Å². The van der Waals surface area contributed by atoms with E-state index in [2.05, 4.69) is 98.7 Å². The quantitative estimate of drug-likeness (QED) is 0.478. The minimum Gasteiger partial charge on any atom is -0.257 e. The van der Waals surface area contributed by atoms with E-state index < -0.39 is 0 Å². The summed E-state index contributed by atoms with van der Waals surface area (Å²) in [5, 5.41) is 0.226. The van der Waals surface area contributed by atoms with Gasteiger partial charge in [0, 0.05) is 6.20 Å². The summed E-state index contributed by atoms with van der Waals surface area (Å²) in [5.74, 6) is 0.622. The zero-order valence-corrected chi connectivity index (χ0v) is 20.4. The van der Waals surface area contributed by atoms with E-state index in [-0.39, 0.29) is 23.9 Å². The Morgan fingerprint density at radius 1 is 0.750 bits per heavy atom. The number of hydrogen-bond donors (Lipinski definition) is 0. The van der Waals surface area contributed by atoms with E-state index in [4.69, 9.17) is 4.98 Å². The molecule has 0 fully saturated rings. The summed E-state index contributed by atoms with van der Waals surface area (Å²) < 4.78 is 0. The van der Waals surface area contributed by atoms with Gasteiger partial charge in [0.05, 0.1) is 5.44 Å². The van der Waals surface area contributed by atoms with Crippen LogP contribution in [0.15, 0.2) is 48.7 Å². The molecule has 1 unspecified atom stereocenters. The van der Waals surface area contributed by atoms with E-state index >= 15 is 0 Å². The first kappa shape index (κ1) is 23.1. The van der Waals surface area contributed by atoms with Gasteiger partial charge in [-0.3, -0.25) is 4.98 Å². The number of nitrogens with zero attached hydrogens (tertiary/aromatic N) is 1. The van der Waals surface area contributed by atoms with Gasteiger partial charge in [-0.1, -0.05) is 92.6 Å². The van der Waals surface area contributed by atoms with Crippen molar-refractivity contribution in [1.29, 1.82) is 0 Å². The molecular weight excluding hydrogens is 357 g/mol. The number of aromatic nitrogens is 1. The predicted molar refractivity (Wildman–Crippen MR) is 127 cm³/mol. The molecule has 154 valence electrons. The largest absolute Gasteiger partial charge is 0.257 e. The number of pyridine rings is 1. The van der Waals surface area contributed by atoms with Gasteiger partial charge in [-0.05, 0) is 65.7 Å². The highest BCUT2D eigenvalue weighted by Crippen LogP contribution is 2.51. The second-order valence-corrected chi connectivity index (χ2v) is 14.2. The lowest BCUT2D eigenvalue weighted by atomic mass is 9.64.